The van der Waals surface area contributed by atoms with E-state index in [2.05, 4.69) is 36.4 Å². The monoisotopic (exact) mass is 648 g/mol. The van der Waals surface area contributed by atoms with Crippen LogP contribution in [-0.2, 0) is 15.0 Å². The molecule has 2 N–H and O–H groups in total. The quantitative estimate of drug-likeness (QED) is 0.199. The van der Waals surface area contributed by atoms with E-state index in [9.17, 15) is 22.8 Å². The van der Waals surface area contributed by atoms with Gasteiger partial charge in [-0.1, -0.05) is 45.0 Å². The molecule has 47 heavy (non-hydrogen) atoms. The van der Waals surface area contributed by atoms with Crippen LogP contribution in [-0.4, -0.2) is 47.9 Å². The smallest absolute Gasteiger partial charge is 0.261 e. The second-order valence-electron chi connectivity index (χ2n) is 12.5. The lowest BCUT2D eigenvalue weighted by atomic mass is 9.87. The van der Waals surface area contributed by atoms with Crippen LogP contribution in [0.15, 0.2) is 79.1 Å². The van der Waals surface area contributed by atoms with Crippen molar-refractivity contribution in [3.05, 3.63) is 125 Å². The zero-order chi connectivity index (χ0) is 33.7. The summed E-state index contributed by atoms with van der Waals surface area (Å²) in [4.78, 5) is 32.3. The first-order valence-electron chi connectivity index (χ1n) is 15.3. The van der Waals surface area contributed by atoms with Gasteiger partial charge in [0.05, 0.1) is 24.1 Å². The maximum atomic E-state index is 15.5. The third-order valence-corrected chi connectivity index (χ3v) is 8.14. The van der Waals surface area contributed by atoms with E-state index in [4.69, 9.17) is 4.74 Å². The fourth-order valence-electron chi connectivity index (χ4n) is 5.71. The van der Waals surface area contributed by atoms with Crippen molar-refractivity contribution < 1.29 is 31.9 Å². The fourth-order valence-corrected chi connectivity index (χ4v) is 5.71. The number of carbonyl (C=O) groups is 2. The van der Waals surface area contributed by atoms with Crippen LogP contribution >= 0.6 is 0 Å². The Morgan fingerprint density at radius 2 is 1.62 bits per heavy atom. The predicted molar refractivity (Wildman–Crippen MR) is 170 cm³/mol. The molecule has 1 unspecified atom stereocenters. The minimum atomic E-state index is -0.852. The van der Waals surface area contributed by atoms with Gasteiger partial charge in [-0.15, -0.1) is 0 Å². The average molecular weight is 649 g/mol. The molecule has 0 bridgehead atoms. The van der Waals surface area contributed by atoms with Gasteiger partial charge < -0.3 is 20.3 Å². The SMILES string of the molecule is CC(C)(C)c1ccc(OCC(=O)N2CCNC[C@@H]2c2c(F)cncc2NC(=O)CC(c2ccc(F)cc2)c2cc(F)cc(F)c2)cc1. The normalized spacial score (nSPS) is 15.6. The second-order valence-corrected chi connectivity index (χ2v) is 12.5. The van der Waals surface area contributed by atoms with E-state index in [0.717, 1.165) is 30.0 Å². The highest BCUT2D eigenvalue weighted by Crippen LogP contribution is 2.34. The number of hydrogen-bond acceptors (Lipinski definition) is 5. The Balaban J connectivity index is 1.35. The molecule has 1 aliphatic heterocycles. The standard InChI is InChI=1S/C36H36F4N4O3/c1-36(2,3)24-6-10-28(11-7-24)47-21-34(46)44-13-12-41-20-32(44)35-30(40)18-42-19-31(35)43-33(45)17-29(22-4-8-25(37)9-5-22)23-14-26(38)16-27(39)15-23/h4-11,14-16,18-19,29,32,41H,12-13,17,20-21H2,1-3H3,(H,43,45)/t29?,32-/m1/s1. The van der Waals surface area contributed by atoms with Gasteiger partial charge in [0.25, 0.3) is 5.91 Å². The predicted octanol–water partition coefficient (Wildman–Crippen LogP) is 6.65. The molecule has 3 aromatic carbocycles. The van der Waals surface area contributed by atoms with E-state index >= 15 is 4.39 Å². The van der Waals surface area contributed by atoms with E-state index in [1.54, 1.807) is 12.1 Å². The summed E-state index contributed by atoms with van der Waals surface area (Å²) in [5.41, 5.74) is 1.80. The molecule has 1 aliphatic rings. The van der Waals surface area contributed by atoms with Crippen molar-refractivity contribution in [2.75, 3.05) is 31.6 Å². The number of ether oxygens (including phenoxy) is 1. The number of rotatable bonds is 9. The first-order valence-corrected chi connectivity index (χ1v) is 15.3. The molecule has 2 heterocycles. The summed E-state index contributed by atoms with van der Waals surface area (Å²) in [7, 11) is 0. The molecule has 5 rings (SSSR count). The third kappa shape index (κ3) is 8.34. The molecule has 7 nitrogen and oxygen atoms in total. The summed E-state index contributed by atoms with van der Waals surface area (Å²) < 4.78 is 63.3. The van der Waals surface area contributed by atoms with Crippen LogP contribution in [0.3, 0.4) is 0 Å². The molecule has 0 aliphatic carbocycles. The van der Waals surface area contributed by atoms with Crippen molar-refractivity contribution in [3.63, 3.8) is 0 Å². The highest BCUT2D eigenvalue weighted by atomic mass is 19.1. The Kier molecular flexibility index (Phi) is 10.2. The van der Waals surface area contributed by atoms with Crippen molar-refractivity contribution in [2.24, 2.45) is 0 Å². The Labute approximate surface area is 271 Å². The van der Waals surface area contributed by atoms with Gasteiger partial charge in [-0.3, -0.25) is 14.6 Å². The molecule has 1 saturated heterocycles. The molecule has 1 aromatic heterocycles. The molecular formula is C36H36F4N4O3. The van der Waals surface area contributed by atoms with Gasteiger partial charge in [-0.05, 0) is 58.5 Å². The Hall–Kier alpha value is -4.77. The first kappa shape index (κ1) is 33.6. The number of amides is 2. The van der Waals surface area contributed by atoms with Gasteiger partial charge in [0.1, 0.15) is 29.0 Å². The van der Waals surface area contributed by atoms with Crippen LogP contribution in [0.5, 0.6) is 5.75 Å². The first-order chi connectivity index (χ1) is 22.4. The molecule has 4 aromatic rings. The molecule has 1 fully saturated rings. The number of pyridine rings is 1. The zero-order valence-electron chi connectivity index (χ0n) is 26.3. The van der Waals surface area contributed by atoms with Crippen molar-refractivity contribution in [2.45, 2.75) is 44.6 Å². The van der Waals surface area contributed by atoms with E-state index in [-0.39, 0.29) is 54.3 Å². The minimum absolute atomic E-state index is 0.0383. The maximum Gasteiger partial charge on any atom is 0.261 e. The highest BCUT2D eigenvalue weighted by molar-refractivity contribution is 5.92. The highest BCUT2D eigenvalue weighted by Gasteiger charge is 2.33. The summed E-state index contributed by atoms with van der Waals surface area (Å²) in [6, 6.07) is 14.9. The number of carbonyl (C=O) groups excluding carboxylic acids is 2. The van der Waals surface area contributed by atoms with Crippen LogP contribution in [0.1, 0.15) is 61.4 Å². The van der Waals surface area contributed by atoms with Crippen LogP contribution in [0, 0.1) is 23.3 Å². The molecule has 2 atom stereocenters. The number of nitrogens with one attached hydrogen (secondary N) is 2. The summed E-state index contributed by atoms with van der Waals surface area (Å²) in [5.74, 6) is -4.20. The number of piperazine rings is 1. The summed E-state index contributed by atoms with van der Waals surface area (Å²) >= 11 is 0. The van der Waals surface area contributed by atoms with Crippen LogP contribution in [0.2, 0.25) is 0 Å². The fraction of sp³-hybridized carbons (Fsp3) is 0.306. The Morgan fingerprint density at radius 3 is 2.28 bits per heavy atom. The van der Waals surface area contributed by atoms with Crippen LogP contribution in [0.4, 0.5) is 23.2 Å². The Morgan fingerprint density at radius 1 is 0.936 bits per heavy atom. The number of benzene rings is 3. The lowest BCUT2D eigenvalue weighted by Gasteiger charge is -2.37. The van der Waals surface area contributed by atoms with Gasteiger partial charge in [-0.25, -0.2) is 17.6 Å². The largest absolute Gasteiger partial charge is 0.484 e. The van der Waals surface area contributed by atoms with Crippen molar-refractivity contribution in [1.82, 2.24) is 15.2 Å². The Bertz CT molecular complexity index is 1710. The van der Waals surface area contributed by atoms with E-state index in [1.807, 2.05) is 12.1 Å². The number of aromatic nitrogens is 1. The number of nitrogens with zero attached hydrogens (tertiary/aromatic N) is 2. The average Bonchev–Trinajstić information content (AvgIpc) is 3.02. The molecule has 2 amide bonds. The van der Waals surface area contributed by atoms with Crippen molar-refractivity contribution in [1.29, 1.82) is 0 Å². The molecule has 0 saturated carbocycles. The topological polar surface area (TPSA) is 83.6 Å². The number of anilines is 1. The molecule has 0 spiro atoms. The molecule has 246 valence electrons. The lowest BCUT2D eigenvalue weighted by Crippen LogP contribution is -2.50. The zero-order valence-corrected chi connectivity index (χ0v) is 26.3. The van der Waals surface area contributed by atoms with E-state index < -0.39 is 41.1 Å². The van der Waals surface area contributed by atoms with Gasteiger partial charge in [0.2, 0.25) is 5.91 Å². The van der Waals surface area contributed by atoms with E-state index in [1.165, 1.54) is 35.4 Å². The van der Waals surface area contributed by atoms with Gasteiger partial charge >= 0.3 is 0 Å². The van der Waals surface area contributed by atoms with Crippen molar-refractivity contribution >= 4 is 17.5 Å². The molecule has 0 radical (unpaired) electrons. The third-order valence-electron chi connectivity index (χ3n) is 8.14. The summed E-state index contributed by atoms with van der Waals surface area (Å²) in [6.45, 7) is 6.97. The van der Waals surface area contributed by atoms with Crippen LogP contribution in [0.25, 0.3) is 0 Å². The van der Waals surface area contributed by atoms with Gasteiger partial charge in [0, 0.05) is 43.6 Å². The van der Waals surface area contributed by atoms with Crippen molar-refractivity contribution in [3.8, 4) is 5.75 Å². The summed E-state index contributed by atoms with van der Waals surface area (Å²) in [6.07, 6.45) is 1.99. The number of hydrogen-bond donors (Lipinski definition) is 2. The molecule has 11 heteroatoms. The van der Waals surface area contributed by atoms with Crippen LogP contribution < -0.4 is 15.4 Å². The second kappa shape index (κ2) is 14.3. The summed E-state index contributed by atoms with van der Waals surface area (Å²) in [5, 5.41) is 5.87. The number of halogens is 4. The lowest BCUT2D eigenvalue weighted by molar-refractivity contribution is -0.136. The molecular weight excluding hydrogens is 612 g/mol. The van der Waals surface area contributed by atoms with Gasteiger partial charge in [0.15, 0.2) is 6.61 Å². The van der Waals surface area contributed by atoms with E-state index in [0.29, 0.717) is 17.9 Å². The maximum absolute atomic E-state index is 15.5. The minimum Gasteiger partial charge on any atom is -0.484 e. The van der Waals surface area contributed by atoms with Gasteiger partial charge in [-0.2, -0.15) is 0 Å².